The smallest absolute Gasteiger partial charge is 0.160 e. The Hall–Kier alpha value is -3.08. The number of ketones is 2. The third-order valence-corrected chi connectivity index (χ3v) is 21.2. The van der Waals surface area contributed by atoms with Crippen molar-refractivity contribution in [2.45, 2.75) is 193 Å². The van der Waals surface area contributed by atoms with Crippen molar-refractivity contribution >= 4 is 22.6 Å². The average Bonchev–Trinajstić information content (AvgIpc) is 3.84. The number of H-pyrrole nitrogens is 1. The molecule has 3 aliphatic heterocycles. The van der Waals surface area contributed by atoms with E-state index in [0.717, 1.165) is 82.3 Å². The van der Waals surface area contributed by atoms with Gasteiger partial charge in [-0.25, -0.2) is 0 Å². The molecule has 6 fully saturated rings. The highest BCUT2D eigenvalue weighted by molar-refractivity contribution is 6.02. The Kier molecular flexibility index (Phi) is 11.2. The molecule has 2 aromatic heterocycles. The number of aliphatic hydroxyl groups is 2. The standard InChI is InChI=1S/C58H81N3O6/c1-53(2)52(67-53)43(63)29-54(3)18-13-37-31-60-48-40(27-34-25-38(35-11-9-10-12-35)28-39(26-34)36-16-23-66-24-17-36)32-61(49(37)48)33-41-46-47(54)42(62)30-58(46,7)57(6)20-14-44-55(4,21-22-59-8)45(64)15-19-56(44,5)51(57)50(41)65/h25-26,28,31-32,35-36,41,43-44,50-52,59-60,63,65H,9-24,27,29-30,33H2,1-8H3/t41-,43-,44+,50-,51-,52-,54+,55+,56-,57+,58+/m1/s1. The van der Waals surface area contributed by atoms with E-state index in [1.165, 1.54) is 64.5 Å². The van der Waals surface area contributed by atoms with E-state index in [2.05, 4.69) is 80.1 Å². The monoisotopic (exact) mass is 916 g/mol. The summed E-state index contributed by atoms with van der Waals surface area (Å²) in [5.41, 5.74) is 8.62. The summed E-state index contributed by atoms with van der Waals surface area (Å²) in [5.74, 6) is 1.44. The van der Waals surface area contributed by atoms with Gasteiger partial charge in [0, 0.05) is 73.7 Å². The Morgan fingerprint density at radius 1 is 0.910 bits per heavy atom. The quantitative estimate of drug-likeness (QED) is 0.149. The number of rotatable bonds is 10. The lowest BCUT2D eigenvalue weighted by atomic mass is 9.34. The van der Waals surface area contributed by atoms with Gasteiger partial charge in [0.1, 0.15) is 11.9 Å². The van der Waals surface area contributed by atoms with Crippen LogP contribution >= 0.6 is 0 Å². The van der Waals surface area contributed by atoms with E-state index in [9.17, 15) is 15.0 Å². The van der Waals surface area contributed by atoms with Crippen LogP contribution in [0.4, 0.5) is 0 Å². The highest BCUT2D eigenvalue weighted by Gasteiger charge is 2.73. The maximum atomic E-state index is 15.4. The summed E-state index contributed by atoms with van der Waals surface area (Å²) >= 11 is 0. The molecule has 9 nitrogen and oxygen atoms in total. The van der Waals surface area contributed by atoms with Gasteiger partial charge in [0.25, 0.3) is 0 Å². The Bertz CT molecular complexity index is 2490. The van der Waals surface area contributed by atoms with Crippen molar-refractivity contribution in [3.63, 3.8) is 0 Å². The van der Waals surface area contributed by atoms with E-state index in [1.807, 2.05) is 20.9 Å². The van der Waals surface area contributed by atoms with Gasteiger partial charge in [0.15, 0.2) is 5.78 Å². The lowest BCUT2D eigenvalue weighted by Gasteiger charge is -2.70. The zero-order valence-electron chi connectivity index (χ0n) is 42.1. The van der Waals surface area contributed by atoms with Crippen molar-refractivity contribution in [2.75, 3.05) is 26.8 Å². The van der Waals surface area contributed by atoms with Crippen LogP contribution in [0.3, 0.4) is 0 Å². The van der Waals surface area contributed by atoms with E-state index in [0.29, 0.717) is 49.8 Å². The van der Waals surface area contributed by atoms with Gasteiger partial charge in [-0.05, 0) is 171 Å². The molecule has 1 aromatic carbocycles. The third kappa shape index (κ3) is 7.06. The number of allylic oxidation sites excluding steroid dienone is 1. The molecule has 9 heteroatoms. The first-order valence-electron chi connectivity index (χ1n) is 26.7. The van der Waals surface area contributed by atoms with Gasteiger partial charge in [-0.2, -0.15) is 0 Å². The number of aliphatic hydroxyl groups excluding tert-OH is 2. The SMILES string of the molecule is CNCC[C@]1(C)C(=O)CC[C@@]2(C)[C@H]3[C@H](O)[C@@H]4Cn5cc(Cc6cc(C7CCCC7)cc(C7CCOCC7)c6)c6[nH]cc(c65)CC[C@@](C)(C[C@@H](O)[C@H]5OC5(C)C)C5=C4[C@](C)(CC5=O)[C@@]3(C)CC[C@H]21. The van der Waals surface area contributed by atoms with Crippen LogP contribution in [0.15, 0.2) is 41.7 Å². The number of epoxide rings is 1. The predicted octanol–water partition coefficient (Wildman–Crippen LogP) is 10.3. The first kappa shape index (κ1) is 46.3. The Morgan fingerprint density at radius 3 is 2.30 bits per heavy atom. The van der Waals surface area contributed by atoms with Crippen molar-refractivity contribution < 1.29 is 29.3 Å². The molecule has 11 rings (SSSR count). The van der Waals surface area contributed by atoms with Gasteiger partial charge in [-0.1, -0.05) is 65.7 Å². The number of hydrogen-bond donors (Lipinski definition) is 4. The van der Waals surface area contributed by atoms with E-state index < -0.39 is 34.1 Å². The summed E-state index contributed by atoms with van der Waals surface area (Å²) < 4.78 is 14.4. The van der Waals surface area contributed by atoms with Crippen LogP contribution < -0.4 is 5.32 Å². The fourth-order valence-corrected chi connectivity index (χ4v) is 17.5. The van der Waals surface area contributed by atoms with Gasteiger partial charge in [0.2, 0.25) is 0 Å². The molecule has 5 aliphatic carbocycles. The number of benzene rings is 1. The lowest BCUT2D eigenvalue weighted by molar-refractivity contribution is -0.222. The van der Waals surface area contributed by atoms with Crippen molar-refractivity contribution in [3.05, 3.63) is 69.6 Å². The molecular formula is C58H81N3O6. The van der Waals surface area contributed by atoms with E-state index in [1.54, 1.807) is 0 Å². The molecule has 3 aromatic rings. The van der Waals surface area contributed by atoms with Gasteiger partial charge in [-0.15, -0.1) is 0 Å². The van der Waals surface area contributed by atoms with Crippen LogP contribution in [0, 0.1) is 44.8 Å². The number of hydrogen-bond acceptors (Lipinski definition) is 7. The second kappa shape index (κ2) is 16.2. The Labute approximate surface area is 400 Å². The number of carbonyl (C=O) groups excluding carboxylic acids is 2. The molecule has 67 heavy (non-hydrogen) atoms. The minimum Gasteiger partial charge on any atom is -0.392 e. The zero-order valence-corrected chi connectivity index (χ0v) is 42.1. The van der Waals surface area contributed by atoms with Gasteiger partial charge < -0.3 is 34.6 Å². The zero-order chi connectivity index (χ0) is 47.1. The highest BCUT2D eigenvalue weighted by Crippen LogP contribution is 2.76. The van der Waals surface area contributed by atoms with E-state index in [4.69, 9.17) is 9.47 Å². The molecule has 0 spiro atoms. The largest absolute Gasteiger partial charge is 0.392 e. The number of aryl methyl sites for hydroxylation is 1. The third-order valence-electron chi connectivity index (χ3n) is 21.2. The highest BCUT2D eigenvalue weighted by atomic mass is 16.6. The number of carbonyl (C=O) groups is 2. The first-order chi connectivity index (χ1) is 31.8. The molecular weight excluding hydrogens is 835 g/mol. The molecule has 8 aliphatic rings. The van der Waals surface area contributed by atoms with Crippen molar-refractivity contribution in [2.24, 2.45) is 44.8 Å². The van der Waals surface area contributed by atoms with E-state index in [-0.39, 0.29) is 40.5 Å². The number of fused-ring (bicyclic) bond motifs is 4. The number of nitrogens with one attached hydrogen (secondary N) is 2. The lowest BCUT2D eigenvalue weighted by Crippen LogP contribution is -2.68. The molecule has 0 unspecified atom stereocenters. The molecule has 0 bridgehead atoms. The van der Waals surface area contributed by atoms with Crippen molar-refractivity contribution in [3.8, 4) is 0 Å². The minimum atomic E-state index is -0.726. The van der Waals surface area contributed by atoms with Gasteiger partial charge in [0.05, 0.1) is 28.8 Å². The second-order valence-corrected chi connectivity index (χ2v) is 25.4. The summed E-state index contributed by atoms with van der Waals surface area (Å²) in [7, 11) is 1.98. The van der Waals surface area contributed by atoms with Crippen molar-refractivity contribution in [1.29, 1.82) is 0 Å². The fraction of sp³-hybridized carbons (Fsp3) is 0.724. The summed E-state index contributed by atoms with van der Waals surface area (Å²) in [6, 6.07) is 7.54. The van der Waals surface area contributed by atoms with Crippen LogP contribution in [0.5, 0.6) is 0 Å². The summed E-state index contributed by atoms with van der Waals surface area (Å²) in [6.07, 6.45) is 17.2. The van der Waals surface area contributed by atoms with Gasteiger partial charge in [-0.3, -0.25) is 9.59 Å². The summed E-state index contributed by atoms with van der Waals surface area (Å²) in [6.45, 7) is 18.8. The van der Waals surface area contributed by atoms with Crippen LogP contribution in [0.2, 0.25) is 0 Å². The van der Waals surface area contributed by atoms with Crippen LogP contribution in [-0.2, 0) is 38.4 Å². The second-order valence-electron chi connectivity index (χ2n) is 25.4. The maximum Gasteiger partial charge on any atom is 0.160 e. The Morgan fingerprint density at radius 2 is 1.61 bits per heavy atom. The molecule has 4 N–H and O–H groups in total. The molecule has 4 saturated carbocycles. The predicted molar refractivity (Wildman–Crippen MR) is 263 cm³/mol. The number of ether oxygens (including phenoxy) is 2. The fourth-order valence-electron chi connectivity index (χ4n) is 17.5. The number of Topliss-reactive ketones (excluding diaryl/α,β-unsaturated/α-hetero) is 2. The normalized spacial score (nSPS) is 39.1. The number of aromatic amines is 1. The average molecular weight is 916 g/mol. The van der Waals surface area contributed by atoms with Crippen LogP contribution in [-0.4, -0.2) is 82.0 Å². The first-order valence-corrected chi connectivity index (χ1v) is 26.7. The van der Waals surface area contributed by atoms with E-state index >= 15 is 4.79 Å². The molecule has 5 heterocycles. The summed E-state index contributed by atoms with van der Waals surface area (Å²) in [5, 5.41) is 29.2. The molecule has 0 radical (unpaired) electrons. The van der Waals surface area contributed by atoms with Crippen LogP contribution in [0.1, 0.15) is 178 Å². The van der Waals surface area contributed by atoms with Crippen molar-refractivity contribution in [1.82, 2.24) is 14.9 Å². The van der Waals surface area contributed by atoms with Crippen LogP contribution in [0.25, 0.3) is 11.0 Å². The van der Waals surface area contributed by atoms with Gasteiger partial charge >= 0.3 is 0 Å². The summed E-state index contributed by atoms with van der Waals surface area (Å²) in [4.78, 5) is 33.4. The number of nitrogens with zero attached hydrogens (tertiary/aromatic N) is 1. The Balaban J connectivity index is 1.05. The molecule has 11 atom stereocenters. The number of aromatic nitrogens is 2. The minimum absolute atomic E-state index is 0.106. The molecule has 2 saturated heterocycles. The maximum absolute atomic E-state index is 15.4. The molecule has 0 amide bonds. The topological polar surface area (TPSA) is 129 Å². The molecule has 364 valence electrons.